The minimum Gasteiger partial charge on any atom is -0.232 e. The van der Waals surface area contributed by atoms with Crippen LogP contribution in [0.5, 0.6) is 0 Å². The third-order valence-electron chi connectivity index (χ3n) is 2.15. The SMILES string of the molecule is Cc1nc(-c2cc(Cl)ccc2Cl)nc(Cl)c1I. The van der Waals surface area contributed by atoms with Crippen LogP contribution in [-0.4, -0.2) is 9.97 Å². The molecule has 2 aromatic rings. The predicted octanol–water partition coefficient (Wildman–Crippen LogP) is 5.02. The molecule has 88 valence electrons. The van der Waals surface area contributed by atoms with Crippen molar-refractivity contribution in [1.29, 1.82) is 0 Å². The molecule has 0 bridgehead atoms. The van der Waals surface area contributed by atoms with Crippen molar-refractivity contribution in [2.45, 2.75) is 6.92 Å². The van der Waals surface area contributed by atoms with Gasteiger partial charge in [-0.05, 0) is 47.7 Å². The largest absolute Gasteiger partial charge is 0.232 e. The lowest BCUT2D eigenvalue weighted by Crippen LogP contribution is -1.97. The van der Waals surface area contributed by atoms with Gasteiger partial charge in [-0.1, -0.05) is 34.8 Å². The first-order valence-electron chi connectivity index (χ1n) is 4.64. The van der Waals surface area contributed by atoms with Crippen LogP contribution in [0.3, 0.4) is 0 Å². The van der Waals surface area contributed by atoms with Gasteiger partial charge in [0.25, 0.3) is 0 Å². The average molecular weight is 399 g/mol. The van der Waals surface area contributed by atoms with Crippen LogP contribution in [0.2, 0.25) is 15.2 Å². The van der Waals surface area contributed by atoms with E-state index in [1.54, 1.807) is 18.2 Å². The highest BCUT2D eigenvalue weighted by molar-refractivity contribution is 14.1. The van der Waals surface area contributed by atoms with E-state index >= 15 is 0 Å². The third-order valence-corrected chi connectivity index (χ3v) is 4.59. The summed E-state index contributed by atoms with van der Waals surface area (Å²) in [7, 11) is 0. The molecule has 1 heterocycles. The molecule has 0 unspecified atom stereocenters. The number of hydrogen-bond donors (Lipinski definition) is 0. The van der Waals surface area contributed by atoms with Gasteiger partial charge in [-0.15, -0.1) is 0 Å². The van der Waals surface area contributed by atoms with Crippen molar-refractivity contribution in [3.63, 3.8) is 0 Å². The van der Waals surface area contributed by atoms with Gasteiger partial charge >= 0.3 is 0 Å². The zero-order chi connectivity index (χ0) is 12.6. The van der Waals surface area contributed by atoms with Crippen molar-refractivity contribution in [1.82, 2.24) is 9.97 Å². The molecule has 17 heavy (non-hydrogen) atoms. The van der Waals surface area contributed by atoms with Crippen molar-refractivity contribution < 1.29 is 0 Å². The van der Waals surface area contributed by atoms with E-state index in [0.29, 0.717) is 26.6 Å². The lowest BCUT2D eigenvalue weighted by Gasteiger charge is -2.07. The summed E-state index contributed by atoms with van der Waals surface area (Å²) in [6.45, 7) is 1.87. The van der Waals surface area contributed by atoms with Crippen molar-refractivity contribution in [3.05, 3.63) is 42.7 Å². The van der Waals surface area contributed by atoms with E-state index < -0.39 is 0 Å². The molecule has 0 spiro atoms. The van der Waals surface area contributed by atoms with Gasteiger partial charge in [0.2, 0.25) is 0 Å². The van der Waals surface area contributed by atoms with Crippen LogP contribution in [0, 0.1) is 10.5 Å². The first-order valence-corrected chi connectivity index (χ1v) is 6.85. The first-order chi connectivity index (χ1) is 7.99. The lowest BCUT2D eigenvalue weighted by atomic mass is 10.2. The number of hydrogen-bond acceptors (Lipinski definition) is 2. The van der Waals surface area contributed by atoms with Gasteiger partial charge in [0.05, 0.1) is 14.3 Å². The summed E-state index contributed by atoms with van der Waals surface area (Å²) >= 11 is 20.2. The van der Waals surface area contributed by atoms with Gasteiger partial charge in [0.1, 0.15) is 5.15 Å². The fourth-order valence-electron chi connectivity index (χ4n) is 1.31. The Morgan fingerprint density at radius 1 is 1.12 bits per heavy atom. The molecule has 2 nitrogen and oxygen atoms in total. The average Bonchev–Trinajstić information content (AvgIpc) is 2.28. The fourth-order valence-corrected chi connectivity index (χ4v) is 2.15. The number of halogens is 4. The monoisotopic (exact) mass is 398 g/mol. The summed E-state index contributed by atoms with van der Waals surface area (Å²) in [5, 5.41) is 1.55. The zero-order valence-electron chi connectivity index (χ0n) is 8.64. The van der Waals surface area contributed by atoms with Crippen LogP contribution >= 0.6 is 57.4 Å². The van der Waals surface area contributed by atoms with E-state index in [2.05, 4.69) is 32.6 Å². The molecule has 2 rings (SSSR count). The Morgan fingerprint density at radius 3 is 2.47 bits per heavy atom. The molecule has 0 atom stereocenters. The lowest BCUT2D eigenvalue weighted by molar-refractivity contribution is 1.09. The number of rotatable bonds is 1. The van der Waals surface area contributed by atoms with Gasteiger partial charge in [0, 0.05) is 10.6 Å². The van der Waals surface area contributed by atoms with Crippen LogP contribution in [0.15, 0.2) is 18.2 Å². The van der Waals surface area contributed by atoms with Gasteiger partial charge in [-0.25, -0.2) is 9.97 Å². The molecule has 0 saturated heterocycles. The Morgan fingerprint density at radius 2 is 1.82 bits per heavy atom. The molecule has 0 aliphatic rings. The maximum Gasteiger partial charge on any atom is 0.162 e. The molecule has 0 saturated carbocycles. The Labute approximate surface area is 127 Å². The number of aryl methyl sites for hydroxylation is 1. The molecule has 0 radical (unpaired) electrons. The smallest absolute Gasteiger partial charge is 0.162 e. The van der Waals surface area contributed by atoms with Crippen molar-refractivity contribution >= 4 is 57.4 Å². The minimum absolute atomic E-state index is 0.421. The highest BCUT2D eigenvalue weighted by Crippen LogP contribution is 2.30. The Balaban J connectivity index is 2.64. The molecule has 6 heteroatoms. The van der Waals surface area contributed by atoms with E-state index in [9.17, 15) is 0 Å². The molecule has 0 amide bonds. The highest BCUT2D eigenvalue weighted by Gasteiger charge is 2.12. The van der Waals surface area contributed by atoms with Crippen molar-refractivity contribution in [3.8, 4) is 11.4 Å². The topological polar surface area (TPSA) is 25.8 Å². The van der Waals surface area contributed by atoms with Crippen molar-refractivity contribution in [2.75, 3.05) is 0 Å². The summed E-state index contributed by atoms with van der Waals surface area (Å²) in [4.78, 5) is 8.57. The molecule has 1 aromatic carbocycles. The van der Waals surface area contributed by atoms with Crippen LogP contribution in [0.4, 0.5) is 0 Å². The maximum absolute atomic E-state index is 6.09. The van der Waals surface area contributed by atoms with Crippen LogP contribution in [0.1, 0.15) is 5.69 Å². The Kier molecular flexibility index (Phi) is 4.13. The number of nitrogens with zero attached hydrogens (tertiary/aromatic N) is 2. The quantitative estimate of drug-likeness (QED) is 0.497. The van der Waals surface area contributed by atoms with Gasteiger partial charge < -0.3 is 0 Å². The Bertz CT molecular complexity index is 564. The van der Waals surface area contributed by atoms with E-state index in [1.165, 1.54) is 0 Å². The molecule has 0 fully saturated rings. The van der Waals surface area contributed by atoms with Crippen molar-refractivity contribution in [2.24, 2.45) is 0 Å². The maximum atomic E-state index is 6.09. The van der Waals surface area contributed by atoms with Crippen LogP contribution < -0.4 is 0 Å². The van der Waals surface area contributed by atoms with Gasteiger partial charge in [0.15, 0.2) is 5.82 Å². The van der Waals surface area contributed by atoms with E-state index in [4.69, 9.17) is 34.8 Å². The molecule has 1 aromatic heterocycles. The number of benzene rings is 1. The van der Waals surface area contributed by atoms with Gasteiger partial charge in [-0.2, -0.15) is 0 Å². The van der Waals surface area contributed by atoms with Crippen LogP contribution in [0.25, 0.3) is 11.4 Å². The van der Waals surface area contributed by atoms with E-state index in [0.717, 1.165) is 9.26 Å². The molecule has 0 aliphatic heterocycles. The van der Waals surface area contributed by atoms with Gasteiger partial charge in [-0.3, -0.25) is 0 Å². The normalized spacial score (nSPS) is 10.6. The van der Waals surface area contributed by atoms with Crippen LogP contribution in [-0.2, 0) is 0 Å². The second kappa shape index (κ2) is 5.26. The summed E-state index contributed by atoms with van der Waals surface area (Å²) in [5.41, 5.74) is 1.50. The van der Waals surface area contributed by atoms with E-state index in [1.807, 2.05) is 6.92 Å². The summed E-state index contributed by atoms with van der Waals surface area (Å²) in [5.74, 6) is 0.486. The fraction of sp³-hybridized carbons (Fsp3) is 0.0909. The second-order valence-corrected chi connectivity index (χ2v) is 5.64. The highest BCUT2D eigenvalue weighted by atomic mass is 127. The summed E-state index contributed by atoms with van der Waals surface area (Å²) in [6, 6.07) is 5.15. The van der Waals surface area contributed by atoms with E-state index in [-0.39, 0.29) is 0 Å². The predicted molar refractivity (Wildman–Crippen MR) is 80.0 cm³/mol. The molecule has 0 aliphatic carbocycles. The Hall–Kier alpha value is -0.100. The standard InChI is InChI=1S/C11H6Cl3IN2/c1-5-9(15)10(14)17-11(16-5)7-4-6(12)2-3-8(7)13/h2-4H,1H3. The summed E-state index contributed by atoms with van der Waals surface area (Å²) < 4.78 is 0.839. The zero-order valence-corrected chi connectivity index (χ0v) is 13.1. The summed E-state index contributed by atoms with van der Waals surface area (Å²) in [6.07, 6.45) is 0. The third kappa shape index (κ3) is 2.84. The molecule has 0 N–H and O–H groups in total. The molecular weight excluding hydrogens is 393 g/mol. The first kappa shape index (κ1) is 13.3. The minimum atomic E-state index is 0.421. The molecular formula is C11H6Cl3IN2. The second-order valence-electron chi connectivity index (χ2n) is 3.36. The number of aromatic nitrogens is 2.